The lowest BCUT2D eigenvalue weighted by Gasteiger charge is -2.38. The van der Waals surface area contributed by atoms with Crippen molar-refractivity contribution in [2.45, 2.75) is 25.2 Å². The lowest BCUT2D eigenvalue weighted by atomic mass is 9.72. The van der Waals surface area contributed by atoms with Crippen molar-refractivity contribution in [1.82, 2.24) is 0 Å². The Morgan fingerprint density at radius 1 is 1.13 bits per heavy atom. The molecule has 7 heteroatoms. The third-order valence-electron chi connectivity index (χ3n) is 5.65. The molecular formula is C23H28ClN2O4+. The lowest BCUT2D eigenvalue weighted by molar-refractivity contribution is -0.898. The maximum atomic E-state index is 12.9. The third-order valence-corrected chi connectivity index (χ3v) is 5.89. The summed E-state index contributed by atoms with van der Waals surface area (Å²) in [5.41, 5.74) is 0.933. The summed E-state index contributed by atoms with van der Waals surface area (Å²) in [5, 5.41) is 3.44. The Balaban J connectivity index is 1.65. The number of benzene rings is 2. The summed E-state index contributed by atoms with van der Waals surface area (Å²) < 4.78 is 10.7. The van der Waals surface area contributed by atoms with Gasteiger partial charge in [0, 0.05) is 23.9 Å². The van der Waals surface area contributed by atoms with Gasteiger partial charge < -0.3 is 19.7 Å². The lowest BCUT2D eigenvalue weighted by Crippen LogP contribution is -3.14. The van der Waals surface area contributed by atoms with Crippen molar-refractivity contribution in [2.75, 3.05) is 38.7 Å². The molecule has 0 unspecified atom stereocenters. The predicted molar refractivity (Wildman–Crippen MR) is 116 cm³/mol. The molecule has 1 fully saturated rings. The number of quaternary nitrogens is 1. The van der Waals surface area contributed by atoms with Crippen molar-refractivity contribution in [3.8, 4) is 5.75 Å². The first kappa shape index (κ1) is 22.1. The minimum absolute atomic E-state index is 0.103. The second-order valence-electron chi connectivity index (χ2n) is 7.49. The number of esters is 1. The molecule has 1 aliphatic heterocycles. The van der Waals surface area contributed by atoms with Crippen LogP contribution in [0.4, 0.5) is 5.69 Å². The van der Waals surface area contributed by atoms with Crippen LogP contribution in [0.15, 0.2) is 48.5 Å². The van der Waals surface area contributed by atoms with Crippen LogP contribution in [0.3, 0.4) is 0 Å². The first-order valence-electron chi connectivity index (χ1n) is 10.2. The summed E-state index contributed by atoms with van der Waals surface area (Å²) in [6, 6.07) is 14.9. The zero-order chi connectivity index (χ0) is 21.6. The van der Waals surface area contributed by atoms with Crippen LogP contribution in [0, 0.1) is 0 Å². The normalized spacial score (nSPS) is 21.0. The molecule has 0 aromatic heterocycles. The summed E-state index contributed by atoms with van der Waals surface area (Å²) in [6.07, 6.45) is 1.28. The van der Waals surface area contributed by atoms with Crippen LogP contribution in [0.5, 0.6) is 5.75 Å². The monoisotopic (exact) mass is 431 g/mol. The molecule has 0 atom stereocenters. The van der Waals surface area contributed by atoms with E-state index >= 15 is 0 Å². The number of carbonyl (C=O) groups excluding carboxylic acids is 2. The minimum Gasteiger partial charge on any atom is -0.495 e. The maximum Gasteiger partial charge on any atom is 0.317 e. The number of rotatable bonds is 7. The molecule has 0 spiro atoms. The van der Waals surface area contributed by atoms with Crippen LogP contribution in [0.1, 0.15) is 25.3 Å². The molecule has 30 heavy (non-hydrogen) atoms. The molecule has 1 amide bonds. The van der Waals surface area contributed by atoms with Gasteiger partial charge in [0.25, 0.3) is 5.91 Å². The Kier molecular flexibility index (Phi) is 7.34. The number of amides is 1. The Hall–Kier alpha value is -2.57. The molecule has 6 nitrogen and oxygen atoms in total. The molecule has 0 saturated carbocycles. The molecule has 160 valence electrons. The zero-order valence-electron chi connectivity index (χ0n) is 17.4. The Bertz CT molecular complexity index is 880. The Morgan fingerprint density at radius 2 is 1.83 bits per heavy atom. The average molecular weight is 432 g/mol. The van der Waals surface area contributed by atoms with Crippen molar-refractivity contribution in [3.05, 3.63) is 59.1 Å². The number of likely N-dealkylation sites (tertiary alicyclic amines) is 1. The molecular weight excluding hydrogens is 404 g/mol. The van der Waals surface area contributed by atoms with E-state index in [-0.39, 0.29) is 11.9 Å². The number of halogens is 1. The first-order valence-corrected chi connectivity index (χ1v) is 10.6. The molecule has 1 heterocycles. The standard InChI is InChI=1S/C23H27ClN2O4/c1-3-30-22(28)23(17-7-5-4-6-8-17)11-13-26(14-12-23)16-21(27)25-19-10-9-18(24)15-20(19)29-2/h4-10,15H,3,11-14,16H2,1-2H3,(H,25,27)/p+1. The second-order valence-corrected chi connectivity index (χ2v) is 7.92. The molecule has 2 N–H and O–H groups in total. The van der Waals surface area contributed by atoms with E-state index in [2.05, 4.69) is 5.32 Å². The number of piperidine rings is 1. The third kappa shape index (κ3) is 4.94. The van der Waals surface area contributed by atoms with E-state index in [0.717, 1.165) is 10.5 Å². The zero-order valence-corrected chi connectivity index (χ0v) is 18.1. The van der Waals surface area contributed by atoms with Gasteiger partial charge in [0.05, 0.1) is 32.5 Å². The fourth-order valence-electron chi connectivity index (χ4n) is 4.03. The number of hydrogen-bond acceptors (Lipinski definition) is 4. The summed E-state index contributed by atoms with van der Waals surface area (Å²) in [4.78, 5) is 26.6. The van der Waals surface area contributed by atoms with Crippen molar-refractivity contribution in [3.63, 3.8) is 0 Å². The van der Waals surface area contributed by atoms with Gasteiger partial charge >= 0.3 is 5.97 Å². The Labute approximate surface area is 182 Å². The van der Waals surface area contributed by atoms with Gasteiger partial charge in [-0.3, -0.25) is 9.59 Å². The van der Waals surface area contributed by atoms with Gasteiger partial charge in [0.1, 0.15) is 11.2 Å². The van der Waals surface area contributed by atoms with Gasteiger partial charge in [0.2, 0.25) is 0 Å². The van der Waals surface area contributed by atoms with Crippen molar-refractivity contribution < 1.29 is 24.0 Å². The van der Waals surface area contributed by atoms with Gasteiger partial charge in [-0.05, 0) is 24.6 Å². The van der Waals surface area contributed by atoms with E-state index in [1.54, 1.807) is 18.2 Å². The summed E-state index contributed by atoms with van der Waals surface area (Å²) in [7, 11) is 1.54. The van der Waals surface area contributed by atoms with Crippen LogP contribution in [0.2, 0.25) is 5.02 Å². The minimum atomic E-state index is -0.642. The molecule has 2 aromatic carbocycles. The van der Waals surface area contributed by atoms with E-state index in [9.17, 15) is 9.59 Å². The van der Waals surface area contributed by atoms with Crippen molar-refractivity contribution in [2.24, 2.45) is 0 Å². The van der Waals surface area contributed by atoms with Crippen molar-refractivity contribution >= 4 is 29.2 Å². The highest BCUT2D eigenvalue weighted by atomic mass is 35.5. The number of methoxy groups -OCH3 is 1. The van der Waals surface area contributed by atoms with E-state index in [1.165, 1.54) is 7.11 Å². The molecule has 0 radical (unpaired) electrons. The number of anilines is 1. The summed E-state index contributed by atoms with van der Waals surface area (Å²) >= 11 is 5.98. The number of hydrogen-bond donors (Lipinski definition) is 2. The topological polar surface area (TPSA) is 69.1 Å². The maximum absolute atomic E-state index is 12.9. The predicted octanol–water partition coefficient (Wildman–Crippen LogP) is 2.47. The van der Waals surface area contributed by atoms with Crippen LogP contribution >= 0.6 is 11.6 Å². The van der Waals surface area contributed by atoms with E-state index < -0.39 is 5.41 Å². The van der Waals surface area contributed by atoms with Gasteiger partial charge in [-0.15, -0.1) is 0 Å². The van der Waals surface area contributed by atoms with Crippen LogP contribution in [-0.2, 0) is 19.7 Å². The largest absolute Gasteiger partial charge is 0.495 e. The van der Waals surface area contributed by atoms with Gasteiger partial charge in [0.15, 0.2) is 6.54 Å². The Morgan fingerprint density at radius 3 is 2.47 bits per heavy atom. The first-order chi connectivity index (χ1) is 14.5. The highest BCUT2D eigenvalue weighted by molar-refractivity contribution is 6.30. The van der Waals surface area contributed by atoms with E-state index in [1.807, 2.05) is 37.3 Å². The van der Waals surface area contributed by atoms with Gasteiger partial charge in [-0.25, -0.2) is 0 Å². The highest BCUT2D eigenvalue weighted by Crippen LogP contribution is 2.34. The summed E-state index contributed by atoms with van der Waals surface area (Å²) in [6.45, 7) is 3.92. The molecule has 3 rings (SSSR count). The van der Waals surface area contributed by atoms with Crippen molar-refractivity contribution in [1.29, 1.82) is 0 Å². The second kappa shape index (κ2) is 9.96. The van der Waals surface area contributed by atoms with E-state index in [4.69, 9.17) is 21.1 Å². The van der Waals surface area contributed by atoms with Gasteiger partial charge in [-0.2, -0.15) is 0 Å². The summed E-state index contributed by atoms with van der Waals surface area (Å²) in [5.74, 6) is 0.245. The highest BCUT2D eigenvalue weighted by Gasteiger charge is 2.46. The van der Waals surface area contributed by atoms with E-state index in [0.29, 0.717) is 55.5 Å². The molecule has 0 bridgehead atoms. The average Bonchev–Trinajstić information content (AvgIpc) is 2.76. The molecule has 2 aromatic rings. The number of ether oxygens (including phenoxy) is 2. The van der Waals surface area contributed by atoms with Gasteiger partial charge in [-0.1, -0.05) is 41.9 Å². The number of nitrogens with one attached hydrogen (secondary N) is 2. The fourth-order valence-corrected chi connectivity index (χ4v) is 4.20. The van der Waals surface area contributed by atoms with Crippen LogP contribution < -0.4 is 15.0 Å². The fraction of sp³-hybridized carbons (Fsp3) is 0.391. The molecule has 1 aliphatic rings. The molecule has 1 saturated heterocycles. The van der Waals surface area contributed by atoms with Crippen LogP contribution in [0.25, 0.3) is 0 Å². The smallest absolute Gasteiger partial charge is 0.317 e. The SMILES string of the molecule is CCOC(=O)C1(c2ccccc2)CC[NH+](CC(=O)Nc2ccc(Cl)cc2OC)CC1. The quantitative estimate of drug-likeness (QED) is 0.661. The van der Waals surface area contributed by atoms with Crippen LogP contribution in [-0.4, -0.2) is 45.2 Å². The number of carbonyl (C=O) groups is 2. The molecule has 0 aliphatic carbocycles.